The molecule has 0 unspecified atom stereocenters. The predicted octanol–water partition coefficient (Wildman–Crippen LogP) is -2.38. The lowest BCUT2D eigenvalue weighted by Crippen LogP contribution is -2.09. The highest BCUT2D eigenvalue weighted by Gasteiger charge is 1.85. The van der Waals surface area contributed by atoms with Crippen LogP contribution in [0.1, 0.15) is 0 Å². The molecule has 0 aliphatic rings. The molecule has 19 heavy (non-hydrogen) atoms. The molecular formula is C8H12N6O4S. The van der Waals surface area contributed by atoms with E-state index in [0.717, 1.165) is 0 Å². The summed E-state index contributed by atoms with van der Waals surface area (Å²) in [6.07, 6.45) is 6.71. The number of H-pyrrole nitrogens is 2. The second kappa shape index (κ2) is 8.68. The van der Waals surface area contributed by atoms with E-state index in [1.165, 1.54) is 0 Å². The zero-order valence-electron chi connectivity index (χ0n) is 9.55. The Hall–Kier alpha value is -2.37. The Morgan fingerprint density at radius 1 is 0.947 bits per heavy atom. The number of hydrogen-bond donors (Lipinski definition) is 2. The average Bonchev–Trinajstić information content (AvgIpc) is 2.29. The summed E-state index contributed by atoms with van der Waals surface area (Å²) in [5, 5.41) is 0. The van der Waals surface area contributed by atoms with Crippen LogP contribution in [0, 0.1) is 0 Å². The molecule has 0 fully saturated rings. The minimum absolute atomic E-state index is 0.447. The largest absolute Gasteiger partial charge is 0.759 e. The molecule has 0 bridgehead atoms. The SMILES string of the molecule is Nc1nccc[nH+]1.Nc1nccc[nH+]1.O=S(=O)([O-])[O-]. The van der Waals surface area contributed by atoms with Crippen molar-refractivity contribution in [2.75, 3.05) is 11.5 Å². The third-order valence-electron chi connectivity index (χ3n) is 1.25. The van der Waals surface area contributed by atoms with Crippen molar-refractivity contribution < 1.29 is 27.5 Å². The van der Waals surface area contributed by atoms with Crippen molar-refractivity contribution in [1.29, 1.82) is 0 Å². The Balaban J connectivity index is 0.000000261. The number of aromatic nitrogens is 4. The molecule has 0 spiro atoms. The summed E-state index contributed by atoms with van der Waals surface area (Å²) in [6, 6.07) is 3.55. The summed E-state index contributed by atoms with van der Waals surface area (Å²) in [7, 11) is -5.17. The number of nitrogens with zero attached hydrogens (tertiary/aromatic N) is 2. The first-order valence-electron chi connectivity index (χ1n) is 4.62. The Kier molecular flexibility index (Phi) is 7.60. The van der Waals surface area contributed by atoms with Crippen molar-refractivity contribution in [1.82, 2.24) is 9.97 Å². The summed E-state index contributed by atoms with van der Waals surface area (Å²) in [5.41, 5.74) is 10.4. The van der Waals surface area contributed by atoms with E-state index in [4.69, 9.17) is 29.0 Å². The normalized spacial score (nSPS) is 9.37. The number of hydrogen-bond acceptors (Lipinski definition) is 8. The Morgan fingerprint density at radius 3 is 1.37 bits per heavy atom. The maximum atomic E-state index is 8.52. The quantitative estimate of drug-likeness (QED) is 0.397. The number of nitrogens with one attached hydrogen (secondary N) is 2. The minimum atomic E-state index is -5.17. The summed E-state index contributed by atoms with van der Waals surface area (Å²) >= 11 is 0. The molecular weight excluding hydrogens is 276 g/mol. The topological polar surface area (TPSA) is 186 Å². The Morgan fingerprint density at radius 2 is 1.26 bits per heavy atom. The molecule has 11 heteroatoms. The Bertz CT molecular complexity index is 504. The van der Waals surface area contributed by atoms with Crippen LogP contribution in [-0.2, 0) is 10.4 Å². The third-order valence-corrected chi connectivity index (χ3v) is 1.25. The lowest BCUT2D eigenvalue weighted by atomic mass is 10.7. The molecule has 6 N–H and O–H groups in total. The lowest BCUT2D eigenvalue weighted by molar-refractivity contribution is -0.364. The smallest absolute Gasteiger partial charge is 0.386 e. The fourth-order valence-corrected chi connectivity index (χ4v) is 0.674. The number of rotatable bonds is 0. The number of anilines is 2. The van der Waals surface area contributed by atoms with E-state index >= 15 is 0 Å². The predicted molar refractivity (Wildman–Crippen MR) is 60.9 cm³/mol. The van der Waals surface area contributed by atoms with Gasteiger partial charge in [-0.2, -0.15) is 0 Å². The van der Waals surface area contributed by atoms with E-state index in [1.807, 2.05) is 0 Å². The zero-order chi connectivity index (χ0) is 14.7. The molecule has 2 aromatic rings. The van der Waals surface area contributed by atoms with Crippen molar-refractivity contribution in [3.63, 3.8) is 0 Å². The molecule has 0 aliphatic carbocycles. The number of nitrogen functional groups attached to an aromatic ring is 2. The van der Waals surface area contributed by atoms with E-state index in [1.54, 1.807) is 36.9 Å². The molecule has 2 rings (SSSR count). The van der Waals surface area contributed by atoms with Crippen LogP contribution >= 0.6 is 0 Å². The molecule has 0 saturated heterocycles. The number of aromatic amines is 2. The number of nitrogens with two attached hydrogens (primary N) is 2. The van der Waals surface area contributed by atoms with Gasteiger partial charge in [-0.05, 0) is 0 Å². The van der Waals surface area contributed by atoms with Crippen LogP contribution in [0.2, 0.25) is 0 Å². The van der Waals surface area contributed by atoms with E-state index in [0.29, 0.717) is 11.9 Å². The van der Waals surface area contributed by atoms with Crippen LogP contribution in [0.4, 0.5) is 11.9 Å². The van der Waals surface area contributed by atoms with Crippen LogP contribution in [0.5, 0.6) is 0 Å². The molecule has 0 radical (unpaired) electrons. The van der Waals surface area contributed by atoms with Crippen LogP contribution < -0.4 is 21.4 Å². The van der Waals surface area contributed by atoms with Gasteiger partial charge in [0.1, 0.15) is 12.4 Å². The van der Waals surface area contributed by atoms with E-state index < -0.39 is 10.4 Å². The lowest BCUT2D eigenvalue weighted by Gasteiger charge is -2.06. The molecule has 0 saturated carbocycles. The van der Waals surface area contributed by atoms with Gasteiger partial charge in [-0.25, -0.2) is 9.97 Å². The van der Waals surface area contributed by atoms with Gasteiger partial charge >= 0.3 is 11.9 Å². The van der Waals surface area contributed by atoms with Crippen molar-refractivity contribution >= 4 is 22.3 Å². The zero-order valence-corrected chi connectivity index (χ0v) is 10.4. The van der Waals surface area contributed by atoms with Crippen LogP contribution in [0.3, 0.4) is 0 Å². The highest BCUT2D eigenvalue weighted by atomic mass is 32.3. The monoisotopic (exact) mass is 288 g/mol. The van der Waals surface area contributed by atoms with E-state index in [-0.39, 0.29) is 0 Å². The standard InChI is InChI=1S/2C4H5N3.H2O4S/c2*5-4-6-2-1-3-7-4;1-5(2,3)4/h2*1-3H,(H2,5,6,7);(H2,1,2,3,4). The van der Waals surface area contributed by atoms with Gasteiger partial charge in [0, 0.05) is 22.5 Å². The van der Waals surface area contributed by atoms with Crippen LogP contribution in [0.15, 0.2) is 36.9 Å². The first kappa shape index (κ1) is 16.6. The Labute approximate surface area is 109 Å². The highest BCUT2D eigenvalue weighted by molar-refractivity contribution is 7.79. The van der Waals surface area contributed by atoms with E-state index in [9.17, 15) is 0 Å². The van der Waals surface area contributed by atoms with Gasteiger partial charge in [0.05, 0.1) is 12.4 Å². The summed E-state index contributed by atoms with van der Waals surface area (Å²) in [6.45, 7) is 0. The van der Waals surface area contributed by atoms with Crippen molar-refractivity contribution in [2.24, 2.45) is 0 Å². The van der Waals surface area contributed by atoms with Crippen molar-refractivity contribution in [3.05, 3.63) is 36.9 Å². The first-order valence-corrected chi connectivity index (χ1v) is 5.95. The fourth-order valence-electron chi connectivity index (χ4n) is 0.674. The molecule has 104 valence electrons. The second-order valence-corrected chi connectivity index (χ2v) is 3.56. The molecule has 0 aromatic carbocycles. The van der Waals surface area contributed by atoms with Gasteiger partial charge in [0.2, 0.25) is 0 Å². The first-order chi connectivity index (χ1) is 8.79. The van der Waals surface area contributed by atoms with Crippen molar-refractivity contribution in [2.45, 2.75) is 0 Å². The average molecular weight is 288 g/mol. The molecule has 2 aromatic heterocycles. The maximum absolute atomic E-state index is 8.52. The molecule has 2 heterocycles. The van der Waals surface area contributed by atoms with Crippen molar-refractivity contribution in [3.8, 4) is 0 Å². The molecule has 0 amide bonds. The minimum Gasteiger partial charge on any atom is -0.759 e. The van der Waals surface area contributed by atoms with Crippen LogP contribution in [-0.4, -0.2) is 27.5 Å². The maximum Gasteiger partial charge on any atom is 0.386 e. The summed E-state index contributed by atoms with van der Waals surface area (Å²) in [4.78, 5) is 12.8. The third kappa shape index (κ3) is 15.6. The summed E-state index contributed by atoms with van der Waals surface area (Å²) in [5.74, 6) is 0.894. The molecule has 10 nitrogen and oxygen atoms in total. The van der Waals surface area contributed by atoms with Gasteiger partial charge in [-0.3, -0.25) is 19.9 Å². The fraction of sp³-hybridized carbons (Fsp3) is 0. The van der Waals surface area contributed by atoms with Gasteiger partial charge in [0.15, 0.2) is 0 Å². The summed E-state index contributed by atoms with van der Waals surface area (Å²) < 4.78 is 34.1. The second-order valence-electron chi connectivity index (χ2n) is 2.74. The molecule has 0 aliphatic heterocycles. The van der Waals surface area contributed by atoms with E-state index in [2.05, 4.69) is 19.9 Å². The van der Waals surface area contributed by atoms with Gasteiger partial charge < -0.3 is 9.11 Å². The highest BCUT2D eigenvalue weighted by Crippen LogP contribution is 1.74. The van der Waals surface area contributed by atoms with Gasteiger partial charge in [-0.15, -0.1) is 0 Å². The van der Waals surface area contributed by atoms with Crippen LogP contribution in [0.25, 0.3) is 0 Å². The van der Waals surface area contributed by atoms with Gasteiger partial charge in [0.25, 0.3) is 0 Å². The molecule has 0 atom stereocenters. The van der Waals surface area contributed by atoms with Gasteiger partial charge in [-0.1, -0.05) is 9.97 Å².